The number of carbonyl (C=O) groups excluding carboxylic acids is 1. The highest BCUT2D eigenvalue weighted by Crippen LogP contribution is 2.56. The minimum absolute atomic E-state index is 0.0959. The third-order valence-corrected chi connectivity index (χ3v) is 5.90. The van der Waals surface area contributed by atoms with Crippen LogP contribution < -0.4 is 4.90 Å². The third-order valence-electron chi connectivity index (χ3n) is 4.73. The smallest absolute Gasteiger partial charge is 0.245 e. The van der Waals surface area contributed by atoms with Crippen LogP contribution in [0.5, 0.6) is 0 Å². The van der Waals surface area contributed by atoms with Crippen LogP contribution in [0.25, 0.3) is 0 Å². The molecule has 2 aliphatic rings. The molecule has 1 aliphatic heterocycles. The minimum Gasteiger partial charge on any atom is -0.310 e. The van der Waals surface area contributed by atoms with Gasteiger partial charge in [-0.05, 0) is 42.2 Å². The van der Waals surface area contributed by atoms with Crippen LogP contribution in [0.4, 0.5) is 5.69 Å². The molecule has 1 saturated carbocycles. The monoisotopic (exact) mass is 375 g/mol. The van der Waals surface area contributed by atoms with E-state index >= 15 is 0 Å². The van der Waals surface area contributed by atoms with Crippen molar-refractivity contribution in [1.29, 1.82) is 0 Å². The van der Waals surface area contributed by atoms with Crippen LogP contribution in [-0.2, 0) is 10.2 Å². The maximum absolute atomic E-state index is 13.0. The molecule has 4 rings (SSSR count). The van der Waals surface area contributed by atoms with Gasteiger partial charge in [0.25, 0.3) is 0 Å². The van der Waals surface area contributed by atoms with Crippen LogP contribution >= 0.6 is 27.5 Å². The van der Waals surface area contributed by atoms with Gasteiger partial charge in [-0.1, -0.05) is 57.9 Å². The van der Waals surface area contributed by atoms with Crippen LogP contribution in [-0.4, -0.2) is 12.5 Å². The molecule has 1 unspecified atom stereocenters. The summed E-state index contributed by atoms with van der Waals surface area (Å²) in [5, 5.41) is 0.680. The first-order chi connectivity index (χ1) is 10.6. The number of rotatable bonds is 2. The van der Waals surface area contributed by atoms with Gasteiger partial charge in [-0.2, -0.15) is 0 Å². The Balaban J connectivity index is 1.65. The van der Waals surface area contributed by atoms with Gasteiger partial charge in [0.2, 0.25) is 5.91 Å². The van der Waals surface area contributed by atoms with Gasteiger partial charge in [0.1, 0.15) is 4.83 Å². The first-order valence-corrected chi connectivity index (χ1v) is 8.71. The average molecular weight is 377 g/mol. The zero-order chi connectivity index (χ0) is 15.3. The Kier molecular flexibility index (Phi) is 3.31. The van der Waals surface area contributed by atoms with Crippen LogP contribution in [0.2, 0.25) is 5.02 Å². The summed E-state index contributed by atoms with van der Waals surface area (Å²) in [5.74, 6) is 0.0959. The predicted octanol–water partition coefficient (Wildman–Crippen LogP) is 4.85. The van der Waals surface area contributed by atoms with Crippen molar-refractivity contribution in [2.24, 2.45) is 0 Å². The second-order valence-electron chi connectivity index (χ2n) is 6.14. The molecule has 0 aromatic heterocycles. The highest BCUT2D eigenvalue weighted by atomic mass is 79.9. The molecule has 1 amide bonds. The summed E-state index contributed by atoms with van der Waals surface area (Å²) in [7, 11) is 0. The quantitative estimate of drug-likeness (QED) is 0.686. The van der Waals surface area contributed by atoms with Crippen LogP contribution in [0.3, 0.4) is 0 Å². The zero-order valence-electron chi connectivity index (χ0n) is 11.9. The molecule has 0 N–H and O–H groups in total. The number of halogens is 2. The van der Waals surface area contributed by atoms with Crippen molar-refractivity contribution < 1.29 is 4.79 Å². The molecule has 1 spiro atoms. The highest BCUT2D eigenvalue weighted by molar-refractivity contribution is 9.09. The number of fused-ring (bicyclic) bond motifs is 2. The van der Waals surface area contributed by atoms with Gasteiger partial charge in [0.05, 0.1) is 0 Å². The zero-order valence-corrected chi connectivity index (χ0v) is 14.3. The maximum atomic E-state index is 13.0. The molecule has 22 heavy (non-hydrogen) atoms. The normalized spacial score (nSPS) is 19.1. The van der Waals surface area contributed by atoms with Crippen LogP contribution in [0.15, 0.2) is 48.5 Å². The second-order valence-corrected chi connectivity index (χ2v) is 7.49. The molecule has 1 aliphatic carbocycles. The number of hydrogen-bond donors (Lipinski definition) is 0. The molecule has 1 fully saturated rings. The number of alkyl halides is 1. The van der Waals surface area contributed by atoms with Crippen molar-refractivity contribution in [3.8, 4) is 0 Å². The Morgan fingerprint density at radius 3 is 2.50 bits per heavy atom. The topological polar surface area (TPSA) is 20.3 Å². The van der Waals surface area contributed by atoms with E-state index in [2.05, 4.69) is 34.1 Å². The summed E-state index contributed by atoms with van der Waals surface area (Å²) in [5.41, 5.74) is 3.56. The fourth-order valence-corrected chi connectivity index (χ4v) is 3.99. The highest BCUT2D eigenvalue weighted by Gasteiger charge is 2.53. The van der Waals surface area contributed by atoms with E-state index in [9.17, 15) is 4.79 Å². The number of nitrogens with zero attached hydrogens (tertiary/aromatic N) is 1. The molecule has 2 aromatic carbocycles. The van der Waals surface area contributed by atoms with Crippen molar-refractivity contribution in [3.63, 3.8) is 0 Å². The van der Waals surface area contributed by atoms with Gasteiger partial charge in [0.15, 0.2) is 0 Å². The summed E-state index contributed by atoms with van der Waals surface area (Å²) < 4.78 is 0. The first kappa shape index (κ1) is 14.3. The second kappa shape index (κ2) is 5.10. The molecule has 112 valence electrons. The Bertz CT molecular complexity index is 739. The molecular weight excluding hydrogens is 362 g/mol. The standard InChI is InChI=1S/C18H15BrClNO/c19-16(12-5-7-13(20)8-6-12)17(22)21-11-18(9-10-18)14-3-1-2-4-15(14)21/h1-8,16H,9-11H2. The van der Waals surface area contributed by atoms with E-state index in [0.29, 0.717) is 5.02 Å². The van der Waals surface area contributed by atoms with E-state index in [1.165, 1.54) is 18.4 Å². The molecule has 0 radical (unpaired) electrons. The lowest BCUT2D eigenvalue weighted by Gasteiger charge is -2.21. The molecule has 0 saturated heterocycles. The predicted molar refractivity (Wildman–Crippen MR) is 92.8 cm³/mol. The van der Waals surface area contributed by atoms with E-state index in [1.54, 1.807) is 0 Å². The fraction of sp³-hybridized carbons (Fsp3) is 0.278. The summed E-state index contributed by atoms with van der Waals surface area (Å²) in [6.45, 7) is 0.806. The van der Waals surface area contributed by atoms with E-state index in [-0.39, 0.29) is 16.1 Å². The molecular formula is C18H15BrClNO. The SMILES string of the molecule is O=C(C(Br)c1ccc(Cl)cc1)N1CC2(CC2)c2ccccc21. The number of amides is 1. The van der Waals surface area contributed by atoms with Crippen molar-refractivity contribution in [3.05, 3.63) is 64.7 Å². The summed E-state index contributed by atoms with van der Waals surface area (Å²) in [6, 6.07) is 15.7. The van der Waals surface area contributed by atoms with Crippen LogP contribution in [0, 0.1) is 0 Å². The summed E-state index contributed by atoms with van der Waals surface area (Å²) in [6.07, 6.45) is 2.36. The van der Waals surface area contributed by atoms with E-state index in [1.807, 2.05) is 35.2 Å². The first-order valence-electron chi connectivity index (χ1n) is 7.41. The van der Waals surface area contributed by atoms with Gasteiger partial charge >= 0.3 is 0 Å². The van der Waals surface area contributed by atoms with Gasteiger partial charge in [0, 0.05) is 22.7 Å². The Morgan fingerprint density at radius 1 is 1.14 bits per heavy atom. The van der Waals surface area contributed by atoms with E-state index < -0.39 is 0 Å². The molecule has 0 bridgehead atoms. The van der Waals surface area contributed by atoms with E-state index in [4.69, 9.17) is 11.6 Å². The number of anilines is 1. The van der Waals surface area contributed by atoms with Gasteiger partial charge in [-0.15, -0.1) is 0 Å². The summed E-state index contributed by atoms with van der Waals surface area (Å²) >= 11 is 9.49. The van der Waals surface area contributed by atoms with Crippen molar-refractivity contribution in [2.75, 3.05) is 11.4 Å². The third kappa shape index (κ3) is 2.19. The van der Waals surface area contributed by atoms with Gasteiger partial charge < -0.3 is 4.90 Å². The van der Waals surface area contributed by atoms with Crippen molar-refractivity contribution in [1.82, 2.24) is 0 Å². The lowest BCUT2D eigenvalue weighted by atomic mass is 9.99. The van der Waals surface area contributed by atoms with Gasteiger partial charge in [-0.3, -0.25) is 4.79 Å². The van der Waals surface area contributed by atoms with Crippen molar-refractivity contribution >= 4 is 39.1 Å². The van der Waals surface area contributed by atoms with Crippen LogP contribution in [0.1, 0.15) is 28.8 Å². The number of benzene rings is 2. The Hall–Kier alpha value is -1.32. The largest absolute Gasteiger partial charge is 0.310 e. The Morgan fingerprint density at radius 2 is 1.82 bits per heavy atom. The average Bonchev–Trinajstić information content (AvgIpc) is 3.25. The number of para-hydroxylation sites is 1. The van der Waals surface area contributed by atoms with E-state index in [0.717, 1.165) is 17.8 Å². The lowest BCUT2D eigenvalue weighted by Crippen LogP contribution is -2.33. The molecule has 1 heterocycles. The molecule has 4 heteroatoms. The molecule has 1 atom stereocenters. The number of carbonyl (C=O) groups is 1. The van der Waals surface area contributed by atoms with Crippen molar-refractivity contribution in [2.45, 2.75) is 23.1 Å². The van der Waals surface area contributed by atoms with Gasteiger partial charge in [-0.25, -0.2) is 0 Å². The lowest BCUT2D eigenvalue weighted by molar-refractivity contribution is -0.118. The molecule has 2 aromatic rings. The number of hydrogen-bond acceptors (Lipinski definition) is 1. The fourth-order valence-electron chi connectivity index (χ4n) is 3.32. The summed E-state index contributed by atoms with van der Waals surface area (Å²) in [4.78, 5) is 14.6. The Labute approximate surface area is 143 Å². The maximum Gasteiger partial charge on any atom is 0.245 e. The minimum atomic E-state index is -0.341. The molecule has 2 nitrogen and oxygen atoms in total.